The molecule has 0 unspecified atom stereocenters. The molecule has 0 N–H and O–H groups in total. The number of aromatic nitrogens is 1. The van der Waals surface area contributed by atoms with Crippen LogP contribution in [-0.2, 0) is 0 Å². The van der Waals surface area contributed by atoms with E-state index in [9.17, 15) is 14.0 Å². The van der Waals surface area contributed by atoms with Crippen molar-refractivity contribution in [1.29, 1.82) is 0 Å². The predicted molar refractivity (Wildman–Crippen MR) is 72.8 cm³/mol. The van der Waals surface area contributed by atoms with Crippen LogP contribution in [0.1, 0.15) is 5.56 Å². The molecule has 0 spiro atoms. The third kappa shape index (κ3) is 1.93. The molecule has 3 rings (SSSR count). The Kier molecular flexibility index (Phi) is 2.75. The van der Waals surface area contributed by atoms with Crippen molar-refractivity contribution in [2.75, 3.05) is 0 Å². The maximum absolute atomic E-state index is 13.2. The van der Waals surface area contributed by atoms with Gasteiger partial charge in [-0.1, -0.05) is 17.7 Å². The number of aryl methyl sites for hydroxylation is 1. The Balaban J connectivity index is 2.39. The lowest BCUT2D eigenvalue weighted by molar-refractivity contribution is 0.502. The fourth-order valence-electron chi connectivity index (χ4n) is 2.02. The van der Waals surface area contributed by atoms with E-state index in [2.05, 4.69) is 0 Å². The molecule has 5 heteroatoms. The minimum Gasteiger partial charge on any atom is -0.409 e. The Hall–Kier alpha value is -2.69. The standard InChI is InChI=1S/C15H10FNO3/c1-9-2-5-11(6-3-9)17-14(18)12-8-10(16)4-7-13(12)20-15(17)19/h2-8H,1H3. The molecule has 0 atom stereocenters. The van der Waals surface area contributed by atoms with Gasteiger partial charge in [0, 0.05) is 0 Å². The van der Waals surface area contributed by atoms with Gasteiger partial charge in [0.05, 0.1) is 11.1 Å². The van der Waals surface area contributed by atoms with Crippen LogP contribution in [0.25, 0.3) is 16.7 Å². The molecule has 0 aliphatic carbocycles. The molecule has 0 bridgehead atoms. The summed E-state index contributed by atoms with van der Waals surface area (Å²) in [5.41, 5.74) is 0.864. The summed E-state index contributed by atoms with van der Waals surface area (Å²) in [6.07, 6.45) is 0. The van der Waals surface area contributed by atoms with Gasteiger partial charge in [0.15, 0.2) is 0 Å². The Morgan fingerprint density at radius 1 is 1.05 bits per heavy atom. The summed E-state index contributed by atoms with van der Waals surface area (Å²) in [4.78, 5) is 24.3. The van der Waals surface area contributed by atoms with Gasteiger partial charge in [-0.2, -0.15) is 0 Å². The maximum atomic E-state index is 13.2. The van der Waals surface area contributed by atoms with Gasteiger partial charge in [0.2, 0.25) is 0 Å². The van der Waals surface area contributed by atoms with Crippen molar-refractivity contribution >= 4 is 11.0 Å². The number of benzene rings is 2. The molecule has 0 aliphatic heterocycles. The van der Waals surface area contributed by atoms with E-state index in [1.807, 2.05) is 6.92 Å². The highest BCUT2D eigenvalue weighted by Crippen LogP contribution is 2.11. The Labute approximate surface area is 112 Å². The zero-order chi connectivity index (χ0) is 14.3. The van der Waals surface area contributed by atoms with E-state index in [-0.39, 0.29) is 11.0 Å². The fourth-order valence-corrected chi connectivity index (χ4v) is 2.02. The lowest BCUT2D eigenvalue weighted by Crippen LogP contribution is -2.30. The highest BCUT2D eigenvalue weighted by molar-refractivity contribution is 5.75. The molecule has 2 aromatic carbocycles. The normalized spacial score (nSPS) is 10.9. The first-order valence-electron chi connectivity index (χ1n) is 5.99. The molecule has 0 amide bonds. The first-order chi connectivity index (χ1) is 9.56. The van der Waals surface area contributed by atoms with Crippen LogP contribution in [-0.4, -0.2) is 4.57 Å². The van der Waals surface area contributed by atoms with Gasteiger partial charge in [-0.3, -0.25) is 4.79 Å². The van der Waals surface area contributed by atoms with Gasteiger partial charge in [-0.05, 0) is 37.3 Å². The Bertz CT molecular complexity index is 907. The van der Waals surface area contributed by atoms with Crippen molar-refractivity contribution in [2.24, 2.45) is 0 Å². The summed E-state index contributed by atoms with van der Waals surface area (Å²) < 4.78 is 19.2. The van der Waals surface area contributed by atoms with E-state index < -0.39 is 17.1 Å². The van der Waals surface area contributed by atoms with Gasteiger partial charge in [0.25, 0.3) is 5.56 Å². The van der Waals surface area contributed by atoms with Crippen LogP contribution in [0.2, 0.25) is 0 Å². The average Bonchev–Trinajstić information content (AvgIpc) is 2.42. The van der Waals surface area contributed by atoms with Crippen molar-refractivity contribution in [3.8, 4) is 5.69 Å². The Morgan fingerprint density at radius 2 is 1.75 bits per heavy atom. The molecule has 0 radical (unpaired) electrons. The molecular formula is C15H10FNO3. The number of nitrogens with zero attached hydrogens (tertiary/aromatic N) is 1. The molecule has 0 saturated heterocycles. The minimum absolute atomic E-state index is 0.0326. The van der Waals surface area contributed by atoms with Gasteiger partial charge in [0.1, 0.15) is 11.4 Å². The lowest BCUT2D eigenvalue weighted by atomic mass is 10.2. The minimum atomic E-state index is -0.794. The van der Waals surface area contributed by atoms with E-state index in [1.54, 1.807) is 24.3 Å². The first kappa shape index (κ1) is 12.3. The zero-order valence-electron chi connectivity index (χ0n) is 10.6. The number of fused-ring (bicyclic) bond motifs is 1. The molecule has 0 saturated carbocycles. The largest absolute Gasteiger partial charge is 0.426 e. The van der Waals surface area contributed by atoms with Crippen molar-refractivity contribution in [2.45, 2.75) is 6.92 Å². The SMILES string of the molecule is Cc1ccc(-n2c(=O)oc3ccc(F)cc3c2=O)cc1. The summed E-state index contributed by atoms with van der Waals surface area (Å²) in [6.45, 7) is 1.89. The monoisotopic (exact) mass is 271 g/mol. The van der Waals surface area contributed by atoms with Crippen LogP contribution in [0.4, 0.5) is 4.39 Å². The van der Waals surface area contributed by atoms with E-state index in [4.69, 9.17) is 4.42 Å². The highest BCUT2D eigenvalue weighted by Gasteiger charge is 2.11. The second-order valence-corrected chi connectivity index (χ2v) is 4.48. The number of halogens is 1. The summed E-state index contributed by atoms with van der Waals surface area (Å²) in [7, 11) is 0. The second kappa shape index (κ2) is 4.45. The van der Waals surface area contributed by atoms with Gasteiger partial charge in [-0.25, -0.2) is 13.8 Å². The van der Waals surface area contributed by atoms with Crippen LogP contribution < -0.4 is 11.3 Å². The first-order valence-corrected chi connectivity index (χ1v) is 5.99. The molecule has 0 fully saturated rings. The quantitative estimate of drug-likeness (QED) is 0.683. The van der Waals surface area contributed by atoms with Crippen molar-refractivity contribution in [3.05, 3.63) is 74.7 Å². The van der Waals surface area contributed by atoms with Gasteiger partial charge < -0.3 is 4.42 Å². The van der Waals surface area contributed by atoms with Gasteiger partial charge >= 0.3 is 5.76 Å². The molecular weight excluding hydrogens is 261 g/mol. The molecule has 1 aromatic heterocycles. The van der Waals surface area contributed by atoms with E-state index in [0.29, 0.717) is 5.69 Å². The topological polar surface area (TPSA) is 52.2 Å². The van der Waals surface area contributed by atoms with Crippen LogP contribution in [0.5, 0.6) is 0 Å². The van der Waals surface area contributed by atoms with Crippen LogP contribution in [0, 0.1) is 12.7 Å². The molecule has 3 aromatic rings. The zero-order valence-corrected chi connectivity index (χ0v) is 10.6. The molecule has 20 heavy (non-hydrogen) atoms. The van der Waals surface area contributed by atoms with Crippen LogP contribution in [0.15, 0.2) is 56.5 Å². The summed E-state index contributed by atoms with van der Waals surface area (Å²) in [5, 5.41) is 0.0326. The average molecular weight is 271 g/mol. The third-order valence-electron chi connectivity index (χ3n) is 3.05. The van der Waals surface area contributed by atoms with Crippen molar-refractivity contribution in [3.63, 3.8) is 0 Å². The molecule has 100 valence electrons. The van der Waals surface area contributed by atoms with Crippen molar-refractivity contribution < 1.29 is 8.81 Å². The van der Waals surface area contributed by atoms with Gasteiger partial charge in [-0.15, -0.1) is 0 Å². The molecule has 4 nitrogen and oxygen atoms in total. The molecule has 1 heterocycles. The van der Waals surface area contributed by atoms with Crippen LogP contribution >= 0.6 is 0 Å². The molecule has 0 aliphatic rings. The number of rotatable bonds is 1. The van der Waals surface area contributed by atoms with Crippen LogP contribution in [0.3, 0.4) is 0 Å². The Morgan fingerprint density at radius 3 is 2.45 bits per heavy atom. The van der Waals surface area contributed by atoms with E-state index in [0.717, 1.165) is 22.3 Å². The predicted octanol–water partition coefficient (Wildman–Crippen LogP) is 2.39. The second-order valence-electron chi connectivity index (χ2n) is 4.48. The summed E-state index contributed by atoms with van der Waals surface area (Å²) in [6, 6.07) is 10.3. The number of hydrogen-bond acceptors (Lipinski definition) is 3. The van der Waals surface area contributed by atoms with E-state index in [1.165, 1.54) is 6.07 Å². The smallest absolute Gasteiger partial charge is 0.409 e. The third-order valence-corrected chi connectivity index (χ3v) is 3.05. The number of hydrogen-bond donors (Lipinski definition) is 0. The summed E-state index contributed by atoms with van der Waals surface area (Å²) in [5.74, 6) is -1.35. The fraction of sp³-hybridized carbons (Fsp3) is 0.0667. The maximum Gasteiger partial charge on any atom is 0.426 e. The summed E-state index contributed by atoms with van der Waals surface area (Å²) >= 11 is 0. The van der Waals surface area contributed by atoms with Crippen molar-refractivity contribution in [1.82, 2.24) is 4.57 Å². The lowest BCUT2D eigenvalue weighted by Gasteiger charge is -2.05. The highest BCUT2D eigenvalue weighted by atomic mass is 19.1. The van der Waals surface area contributed by atoms with E-state index >= 15 is 0 Å².